The number of allylic oxidation sites excluding steroid dienone is 1. The Morgan fingerprint density at radius 2 is 1.72 bits per heavy atom. The second-order valence-corrected chi connectivity index (χ2v) is 9.54. The van der Waals surface area contributed by atoms with Gasteiger partial charge < -0.3 is 24.1 Å². The lowest BCUT2D eigenvalue weighted by atomic mass is 9.97. The normalized spacial score (nSPS) is 24.6. The van der Waals surface area contributed by atoms with Crippen LogP contribution in [0.2, 0.25) is 0 Å². The number of carbonyl (C=O) groups is 2. The zero-order valence-corrected chi connectivity index (χ0v) is 24.4. The number of quaternary nitrogens is 1. The summed E-state index contributed by atoms with van der Waals surface area (Å²) in [5, 5.41) is 12.7. The number of carboxylic acid groups (broad SMARTS) is 1. The Balaban J connectivity index is 0.00000228. The van der Waals surface area contributed by atoms with E-state index >= 15 is 0 Å². The molecular weight excluding hydrogens is 594 g/mol. The molecule has 2 aromatic rings. The van der Waals surface area contributed by atoms with Crippen LogP contribution < -0.4 is 14.6 Å². The number of benzene rings is 2. The molecule has 0 N–H and O–H groups in total. The van der Waals surface area contributed by atoms with E-state index in [0.29, 0.717) is 12.1 Å². The molecule has 4 atom stereocenters. The van der Waals surface area contributed by atoms with Crippen molar-refractivity contribution in [3.8, 4) is 11.5 Å². The first kappa shape index (κ1) is 30.1. The highest BCUT2D eigenvalue weighted by Gasteiger charge is 2.51. The molecule has 2 fully saturated rings. The standard InChI is InChI=1S/C27H33NO6.2BrH/c1-28(20-7-8-21(28)16-23(15-20)34-27(31)11-10-26(29)30)12-4-5-18-13-19-6-9-22(32-2)17-24(19)25(14-18)33-3;;/h4,6,9,12-14,17,20-21,23H,5,7-8,10-11,15-16H2,1-3H3;2*1H/t20-,21+,23?,28?;;. The lowest BCUT2D eigenvalue weighted by Crippen LogP contribution is -2.55. The average Bonchev–Trinajstić information content (AvgIpc) is 2.98. The van der Waals surface area contributed by atoms with Crippen molar-refractivity contribution in [1.29, 1.82) is 0 Å². The molecule has 0 saturated carbocycles. The van der Waals surface area contributed by atoms with E-state index in [1.54, 1.807) is 14.2 Å². The van der Waals surface area contributed by atoms with Crippen LogP contribution in [0.5, 0.6) is 11.5 Å². The first-order valence-electron chi connectivity index (χ1n) is 11.9. The van der Waals surface area contributed by atoms with Crippen LogP contribution in [0.15, 0.2) is 42.6 Å². The van der Waals surface area contributed by atoms with Crippen LogP contribution in [0.1, 0.15) is 44.1 Å². The van der Waals surface area contributed by atoms with E-state index in [1.165, 1.54) is 5.56 Å². The number of fused-ring (bicyclic) bond motifs is 3. The van der Waals surface area contributed by atoms with Crippen molar-refractivity contribution in [3.05, 3.63) is 48.2 Å². The first-order chi connectivity index (χ1) is 16.3. The number of aliphatic carboxylic acids is 1. The van der Waals surface area contributed by atoms with E-state index in [0.717, 1.165) is 58.9 Å². The number of carbonyl (C=O) groups excluding carboxylic acids is 2. The van der Waals surface area contributed by atoms with Crippen LogP contribution >= 0.6 is 34.0 Å². The third-order valence-electron chi connectivity index (χ3n) is 7.49. The van der Waals surface area contributed by atoms with E-state index in [4.69, 9.17) is 14.2 Å². The Kier molecular flexibility index (Phi) is 10.8. The van der Waals surface area contributed by atoms with E-state index in [9.17, 15) is 14.7 Å². The average molecular weight is 629 g/mol. The predicted octanol–water partition coefficient (Wildman–Crippen LogP) is 4.28. The fourth-order valence-corrected chi connectivity index (χ4v) is 5.61. The second-order valence-electron chi connectivity index (χ2n) is 9.54. The quantitative estimate of drug-likeness (QED) is 0.304. The zero-order valence-electron chi connectivity index (χ0n) is 20.9. The third-order valence-corrected chi connectivity index (χ3v) is 7.49. The number of hydrogen-bond acceptors (Lipinski definition) is 6. The van der Waals surface area contributed by atoms with Gasteiger partial charge in [-0.05, 0) is 48.1 Å². The fraction of sp³-hybridized carbons (Fsp3) is 0.481. The van der Waals surface area contributed by atoms with Gasteiger partial charge in [-0.2, -0.15) is 0 Å². The Bertz CT molecular complexity index is 1090. The predicted molar refractivity (Wildman–Crippen MR) is 147 cm³/mol. The minimum Gasteiger partial charge on any atom is -0.550 e. The molecule has 198 valence electrons. The highest BCUT2D eigenvalue weighted by Crippen LogP contribution is 2.43. The molecule has 0 amide bonds. The van der Waals surface area contributed by atoms with Gasteiger partial charge in [-0.3, -0.25) is 9.28 Å². The van der Waals surface area contributed by atoms with E-state index in [1.807, 2.05) is 12.1 Å². The molecule has 36 heavy (non-hydrogen) atoms. The maximum absolute atomic E-state index is 12.0. The van der Waals surface area contributed by atoms with Crippen LogP contribution in [0.25, 0.3) is 10.8 Å². The molecule has 7 nitrogen and oxygen atoms in total. The van der Waals surface area contributed by atoms with Crippen molar-refractivity contribution in [2.24, 2.45) is 0 Å². The molecule has 0 radical (unpaired) electrons. The molecule has 2 saturated heterocycles. The maximum Gasteiger partial charge on any atom is 0.306 e. The number of methoxy groups -OCH3 is 2. The lowest BCUT2D eigenvalue weighted by molar-refractivity contribution is -0.902. The van der Waals surface area contributed by atoms with Crippen LogP contribution in [0.4, 0.5) is 0 Å². The molecule has 0 aliphatic carbocycles. The zero-order chi connectivity index (χ0) is 24.3. The summed E-state index contributed by atoms with van der Waals surface area (Å²) in [7, 11) is 5.61. The first-order valence-corrected chi connectivity index (χ1v) is 11.9. The summed E-state index contributed by atoms with van der Waals surface area (Å²) in [6.45, 7) is 0. The van der Waals surface area contributed by atoms with Gasteiger partial charge in [0.15, 0.2) is 0 Å². The summed E-state index contributed by atoms with van der Waals surface area (Å²) in [5.74, 6) is -0.0252. The molecule has 0 spiro atoms. The van der Waals surface area contributed by atoms with Gasteiger partial charge in [0.2, 0.25) is 0 Å². The van der Waals surface area contributed by atoms with Gasteiger partial charge in [0.1, 0.15) is 17.6 Å². The Morgan fingerprint density at radius 1 is 1.03 bits per heavy atom. The summed E-state index contributed by atoms with van der Waals surface area (Å²) >= 11 is 0. The van der Waals surface area contributed by atoms with Crippen molar-refractivity contribution in [2.75, 3.05) is 21.3 Å². The lowest BCUT2D eigenvalue weighted by Gasteiger charge is -2.44. The largest absolute Gasteiger partial charge is 0.550 e. The number of piperidine rings is 1. The molecule has 2 unspecified atom stereocenters. The van der Waals surface area contributed by atoms with Gasteiger partial charge >= 0.3 is 5.97 Å². The summed E-state index contributed by atoms with van der Waals surface area (Å²) in [6, 6.07) is 11.1. The van der Waals surface area contributed by atoms with Gasteiger partial charge in [-0.15, -0.1) is 34.0 Å². The fourth-order valence-electron chi connectivity index (χ4n) is 5.61. The summed E-state index contributed by atoms with van der Waals surface area (Å²) in [5.41, 5.74) is 1.18. The highest BCUT2D eigenvalue weighted by molar-refractivity contribution is 8.93. The molecule has 2 aliphatic heterocycles. The minimum absolute atomic E-state index is 0. The monoisotopic (exact) mass is 627 g/mol. The van der Waals surface area contributed by atoms with Crippen LogP contribution in [-0.2, 0) is 20.7 Å². The van der Waals surface area contributed by atoms with Gasteiger partial charge in [0, 0.05) is 37.0 Å². The summed E-state index contributed by atoms with van der Waals surface area (Å²) in [6.07, 6.45) is 8.61. The molecule has 2 bridgehead atoms. The Hall–Kier alpha value is -2.10. The number of nitrogens with zero attached hydrogens (tertiary/aromatic N) is 1. The Labute approximate surface area is 233 Å². The molecule has 9 heteroatoms. The second kappa shape index (κ2) is 12.9. The summed E-state index contributed by atoms with van der Waals surface area (Å²) in [4.78, 5) is 22.6. The molecule has 2 heterocycles. The maximum atomic E-state index is 12.0. The molecule has 2 aromatic carbocycles. The van der Waals surface area contributed by atoms with E-state index in [2.05, 4.69) is 37.5 Å². The van der Waals surface area contributed by atoms with Gasteiger partial charge in [0.25, 0.3) is 0 Å². The number of ether oxygens (including phenoxy) is 3. The van der Waals surface area contributed by atoms with Gasteiger partial charge in [-0.1, -0.05) is 12.1 Å². The van der Waals surface area contributed by atoms with Crippen molar-refractivity contribution in [1.82, 2.24) is 0 Å². The number of carboxylic acids is 1. The van der Waals surface area contributed by atoms with Crippen molar-refractivity contribution >= 4 is 56.7 Å². The Morgan fingerprint density at radius 3 is 2.33 bits per heavy atom. The van der Waals surface area contributed by atoms with Crippen molar-refractivity contribution in [3.63, 3.8) is 0 Å². The van der Waals surface area contributed by atoms with E-state index < -0.39 is 11.9 Å². The molecule has 0 aromatic heterocycles. The molecule has 2 aliphatic rings. The topological polar surface area (TPSA) is 84.9 Å². The van der Waals surface area contributed by atoms with Crippen LogP contribution in [0, 0.1) is 0 Å². The number of halogens is 2. The molecule has 4 rings (SSSR count). The number of hydrogen-bond donors (Lipinski definition) is 0. The minimum atomic E-state index is -1.22. The number of esters is 1. The SMILES string of the molecule is Br.Br.COc1ccc2cc(CC=C[N+]3(C)[C@@H]4CC[C@H]3CC(OC(=O)CCC(=O)[O-])C4)cc(OC)c2c1. The molecular formula is C27H35Br2NO6. The van der Waals surface area contributed by atoms with Crippen molar-refractivity contribution < 1.29 is 33.4 Å². The van der Waals surface area contributed by atoms with E-state index in [-0.39, 0.29) is 52.9 Å². The smallest absolute Gasteiger partial charge is 0.306 e. The summed E-state index contributed by atoms with van der Waals surface area (Å²) < 4.78 is 17.4. The highest BCUT2D eigenvalue weighted by atomic mass is 79.9. The van der Waals surface area contributed by atoms with Crippen LogP contribution in [-0.4, -0.2) is 55.9 Å². The van der Waals surface area contributed by atoms with Crippen LogP contribution in [0.3, 0.4) is 0 Å². The van der Waals surface area contributed by atoms with Gasteiger partial charge in [-0.25, -0.2) is 0 Å². The number of rotatable bonds is 9. The van der Waals surface area contributed by atoms with Crippen molar-refractivity contribution in [2.45, 2.75) is 63.1 Å². The third kappa shape index (κ3) is 6.61. The van der Waals surface area contributed by atoms with Gasteiger partial charge in [0.05, 0.1) is 46.0 Å².